The summed E-state index contributed by atoms with van der Waals surface area (Å²) >= 11 is 0. The second-order valence-electron chi connectivity index (χ2n) is 6.25. The van der Waals surface area contributed by atoms with Crippen LogP contribution in [0.15, 0.2) is 57.8 Å². The fraction of sp³-hybridized carbons (Fsp3) is 0.174. The number of carbonyl (C=O) groups excluding carboxylic acids is 1. The summed E-state index contributed by atoms with van der Waals surface area (Å²) in [7, 11) is 2.99. The first-order valence-corrected chi connectivity index (χ1v) is 9.17. The smallest absolute Gasteiger partial charge is 0.336 e. The lowest BCUT2D eigenvalue weighted by molar-refractivity contribution is -0.138. The van der Waals surface area contributed by atoms with Crippen LogP contribution in [0, 0.1) is 11.3 Å². The normalized spacial score (nSPS) is 10.6. The Balaban J connectivity index is 1.70. The minimum absolute atomic E-state index is 0.0954. The van der Waals surface area contributed by atoms with Crippen molar-refractivity contribution >= 4 is 23.0 Å². The van der Waals surface area contributed by atoms with E-state index in [1.807, 2.05) is 6.07 Å². The lowest BCUT2D eigenvalue weighted by Gasteiger charge is -2.09. The molecule has 3 rings (SSSR count). The van der Waals surface area contributed by atoms with Crippen LogP contribution in [0.3, 0.4) is 0 Å². The molecule has 158 valence electrons. The maximum atomic E-state index is 12.2. The third kappa shape index (κ3) is 5.42. The first-order chi connectivity index (χ1) is 15.0. The molecule has 0 amide bonds. The summed E-state index contributed by atoms with van der Waals surface area (Å²) in [6.07, 6.45) is 2.82. The highest BCUT2D eigenvalue weighted by atomic mass is 16.5. The third-order valence-corrected chi connectivity index (χ3v) is 4.30. The molecule has 0 radical (unpaired) electrons. The molecule has 0 saturated carbocycles. The summed E-state index contributed by atoms with van der Waals surface area (Å²) in [4.78, 5) is 24.0. The van der Waals surface area contributed by atoms with E-state index in [0.29, 0.717) is 39.3 Å². The van der Waals surface area contributed by atoms with Crippen LogP contribution < -0.4 is 19.8 Å². The van der Waals surface area contributed by atoms with Gasteiger partial charge in [-0.15, -0.1) is 0 Å². The van der Waals surface area contributed by atoms with Gasteiger partial charge in [0.1, 0.15) is 24.0 Å². The molecule has 3 aromatic rings. The van der Waals surface area contributed by atoms with Gasteiger partial charge in [-0.1, -0.05) is 6.07 Å². The van der Waals surface area contributed by atoms with Crippen molar-refractivity contribution in [3.8, 4) is 23.3 Å². The molecule has 0 saturated heterocycles. The van der Waals surface area contributed by atoms with Crippen LogP contribution in [0.4, 0.5) is 0 Å². The van der Waals surface area contributed by atoms with E-state index < -0.39 is 11.6 Å². The molecule has 31 heavy (non-hydrogen) atoms. The molecule has 0 aliphatic carbocycles. The standard InChI is InChI=1S/C23H19NO7/c1-27-17-5-6-18-16(12-23(26)31-20(18)13-17)14-30-22(25)8-4-15-3-7-19(29-10-9-24)21(11-15)28-2/h3-8,11-13H,10,14H2,1-2H3. The molecular weight excluding hydrogens is 402 g/mol. The van der Waals surface area contributed by atoms with Crippen molar-refractivity contribution < 1.29 is 28.2 Å². The highest BCUT2D eigenvalue weighted by Crippen LogP contribution is 2.28. The predicted octanol–water partition coefficient (Wildman–Crippen LogP) is 3.47. The summed E-state index contributed by atoms with van der Waals surface area (Å²) in [5, 5.41) is 9.26. The summed E-state index contributed by atoms with van der Waals surface area (Å²) in [6, 6.07) is 13.3. The molecule has 0 aliphatic rings. The second-order valence-corrected chi connectivity index (χ2v) is 6.25. The number of carbonyl (C=O) groups is 1. The quantitative estimate of drug-likeness (QED) is 0.309. The van der Waals surface area contributed by atoms with E-state index >= 15 is 0 Å². The van der Waals surface area contributed by atoms with Gasteiger partial charge < -0.3 is 23.4 Å². The number of nitriles is 1. The van der Waals surface area contributed by atoms with Gasteiger partial charge in [0, 0.05) is 29.2 Å². The van der Waals surface area contributed by atoms with Crippen LogP contribution in [0.2, 0.25) is 0 Å². The number of methoxy groups -OCH3 is 2. The summed E-state index contributed by atoms with van der Waals surface area (Å²) in [5.74, 6) is 0.824. The first-order valence-electron chi connectivity index (χ1n) is 9.17. The monoisotopic (exact) mass is 421 g/mol. The van der Waals surface area contributed by atoms with E-state index in [4.69, 9.17) is 28.6 Å². The van der Waals surface area contributed by atoms with Gasteiger partial charge in [-0.25, -0.2) is 9.59 Å². The number of fused-ring (bicyclic) bond motifs is 1. The maximum absolute atomic E-state index is 12.2. The SMILES string of the molecule is COc1ccc2c(COC(=O)C=Cc3ccc(OCC#N)c(OC)c3)cc(=O)oc2c1. The van der Waals surface area contributed by atoms with Gasteiger partial charge in [-0.05, 0) is 35.9 Å². The zero-order chi connectivity index (χ0) is 22.2. The number of esters is 1. The van der Waals surface area contributed by atoms with E-state index in [-0.39, 0.29) is 13.2 Å². The molecule has 1 heterocycles. The Hall–Kier alpha value is -4.25. The van der Waals surface area contributed by atoms with Gasteiger partial charge in [0.15, 0.2) is 18.1 Å². The summed E-state index contributed by atoms with van der Waals surface area (Å²) in [6.45, 7) is -0.195. The molecule has 2 aromatic carbocycles. The Morgan fingerprint density at radius 2 is 1.94 bits per heavy atom. The zero-order valence-corrected chi connectivity index (χ0v) is 16.9. The van der Waals surface area contributed by atoms with Gasteiger partial charge in [0.2, 0.25) is 0 Å². The summed E-state index contributed by atoms with van der Waals surface area (Å²) < 4.78 is 26.1. The van der Waals surface area contributed by atoms with Gasteiger partial charge >= 0.3 is 11.6 Å². The third-order valence-electron chi connectivity index (χ3n) is 4.30. The van der Waals surface area contributed by atoms with Gasteiger partial charge in [0.05, 0.1) is 14.2 Å². The summed E-state index contributed by atoms with van der Waals surface area (Å²) in [5.41, 5.74) is 1.000. The lowest BCUT2D eigenvalue weighted by Crippen LogP contribution is -2.05. The second kappa shape index (κ2) is 9.98. The largest absolute Gasteiger partial charge is 0.497 e. The van der Waals surface area contributed by atoms with Crippen molar-refractivity contribution in [3.63, 3.8) is 0 Å². The van der Waals surface area contributed by atoms with Gasteiger partial charge in [-0.3, -0.25) is 0 Å². The molecule has 0 spiro atoms. The van der Waals surface area contributed by atoms with E-state index in [1.165, 1.54) is 26.4 Å². The molecule has 0 atom stereocenters. The average molecular weight is 421 g/mol. The first kappa shape index (κ1) is 21.5. The van der Waals surface area contributed by atoms with Gasteiger partial charge in [-0.2, -0.15) is 5.26 Å². The Morgan fingerprint density at radius 1 is 1.10 bits per heavy atom. The van der Waals surface area contributed by atoms with Crippen LogP contribution in [-0.2, 0) is 16.1 Å². The van der Waals surface area contributed by atoms with Gasteiger partial charge in [0.25, 0.3) is 0 Å². The topological polar surface area (TPSA) is 108 Å². The fourth-order valence-corrected chi connectivity index (χ4v) is 2.83. The van der Waals surface area contributed by atoms with Crippen molar-refractivity contribution in [1.29, 1.82) is 5.26 Å². The molecule has 0 aliphatic heterocycles. The van der Waals surface area contributed by atoms with E-state index in [2.05, 4.69) is 0 Å². The molecule has 8 heteroatoms. The fourth-order valence-electron chi connectivity index (χ4n) is 2.83. The molecule has 0 bridgehead atoms. The molecule has 1 aromatic heterocycles. The van der Waals surface area contributed by atoms with Crippen molar-refractivity contribution in [2.75, 3.05) is 20.8 Å². The number of ether oxygens (including phenoxy) is 4. The van der Waals surface area contributed by atoms with Crippen LogP contribution in [-0.4, -0.2) is 26.8 Å². The number of nitrogens with zero attached hydrogens (tertiary/aromatic N) is 1. The van der Waals surface area contributed by atoms with Crippen molar-refractivity contribution in [2.24, 2.45) is 0 Å². The number of rotatable bonds is 8. The lowest BCUT2D eigenvalue weighted by atomic mass is 10.1. The molecule has 0 N–H and O–H groups in total. The van der Waals surface area contributed by atoms with E-state index in [9.17, 15) is 9.59 Å². The molecule has 0 unspecified atom stereocenters. The number of hydrogen-bond donors (Lipinski definition) is 0. The molecular formula is C23H19NO7. The highest BCUT2D eigenvalue weighted by molar-refractivity contribution is 5.87. The van der Waals surface area contributed by atoms with Crippen LogP contribution in [0.25, 0.3) is 17.0 Å². The predicted molar refractivity (Wildman–Crippen MR) is 112 cm³/mol. The number of benzene rings is 2. The average Bonchev–Trinajstić information content (AvgIpc) is 2.79. The minimum Gasteiger partial charge on any atom is -0.497 e. The van der Waals surface area contributed by atoms with Crippen molar-refractivity contribution in [2.45, 2.75) is 6.61 Å². The Morgan fingerprint density at radius 3 is 2.68 bits per heavy atom. The van der Waals surface area contributed by atoms with Crippen molar-refractivity contribution in [3.05, 3.63) is 70.1 Å². The van der Waals surface area contributed by atoms with Crippen LogP contribution in [0.5, 0.6) is 17.2 Å². The van der Waals surface area contributed by atoms with E-state index in [1.54, 1.807) is 42.5 Å². The maximum Gasteiger partial charge on any atom is 0.336 e. The Bertz CT molecular complexity index is 1220. The van der Waals surface area contributed by atoms with Crippen molar-refractivity contribution in [1.82, 2.24) is 0 Å². The van der Waals surface area contributed by atoms with Crippen LogP contribution in [0.1, 0.15) is 11.1 Å². The Labute approximate surface area is 177 Å². The van der Waals surface area contributed by atoms with Crippen LogP contribution >= 0.6 is 0 Å². The molecule has 8 nitrogen and oxygen atoms in total. The highest BCUT2D eigenvalue weighted by Gasteiger charge is 2.09. The molecule has 0 fully saturated rings. The van der Waals surface area contributed by atoms with E-state index in [0.717, 1.165) is 0 Å². The number of hydrogen-bond acceptors (Lipinski definition) is 8. The zero-order valence-electron chi connectivity index (χ0n) is 16.9. The Kier molecular flexibility index (Phi) is 6.91. The minimum atomic E-state index is -0.585.